The van der Waals surface area contributed by atoms with Crippen LogP contribution in [0.1, 0.15) is 41.9 Å². The lowest BCUT2D eigenvalue weighted by atomic mass is 10.1. The smallest absolute Gasteiger partial charge is 0.160 e. The van der Waals surface area contributed by atoms with Crippen molar-refractivity contribution in [2.75, 3.05) is 0 Å². The Hall–Kier alpha value is -2.56. The van der Waals surface area contributed by atoms with Gasteiger partial charge in [-0.3, -0.25) is 9.97 Å². The largest absolute Gasteiger partial charge is 0.261 e. The van der Waals surface area contributed by atoms with Gasteiger partial charge in [-0.25, -0.2) is 0 Å². The van der Waals surface area contributed by atoms with Crippen molar-refractivity contribution in [3.8, 4) is 0 Å². The van der Waals surface area contributed by atoms with Crippen LogP contribution in [0.3, 0.4) is 0 Å². The quantitative estimate of drug-likeness (QED) is 0.352. The lowest BCUT2D eigenvalue weighted by molar-refractivity contribution is 0.635. The van der Waals surface area contributed by atoms with E-state index >= 15 is 0 Å². The summed E-state index contributed by atoms with van der Waals surface area (Å²) < 4.78 is 0. The molecule has 3 aromatic rings. The fourth-order valence-electron chi connectivity index (χ4n) is 2.89. The van der Waals surface area contributed by atoms with Crippen molar-refractivity contribution >= 4 is 33.5 Å². The fraction of sp³-hybridized carbons (Fsp3) is 0.217. The summed E-state index contributed by atoms with van der Waals surface area (Å²) >= 11 is 12.8. The van der Waals surface area contributed by atoms with E-state index in [1.165, 1.54) is 0 Å². The van der Waals surface area contributed by atoms with E-state index in [-0.39, 0.29) is 10.3 Å². The molecule has 0 saturated heterocycles. The average Bonchev–Trinajstić information content (AvgIpc) is 2.72. The summed E-state index contributed by atoms with van der Waals surface area (Å²) in [4.78, 5) is 8.84. The number of halogens is 2. The maximum absolute atomic E-state index is 6.44. The number of nitrogens with zero attached hydrogens (tertiary/aromatic N) is 4. The summed E-state index contributed by atoms with van der Waals surface area (Å²) in [5.41, 5.74) is 4.45. The van der Waals surface area contributed by atoms with Crippen molar-refractivity contribution in [1.29, 1.82) is 0 Å². The number of hydrogen-bond donors (Lipinski definition) is 0. The van der Waals surface area contributed by atoms with Gasteiger partial charge in [-0.1, -0.05) is 67.4 Å². The molecule has 0 amide bonds. The molecule has 0 bridgehead atoms. The predicted octanol–water partition coefficient (Wildman–Crippen LogP) is 5.85. The third kappa shape index (κ3) is 6.21. The average molecular weight is 425 g/mol. The van der Waals surface area contributed by atoms with Crippen molar-refractivity contribution in [3.05, 3.63) is 95.1 Å². The summed E-state index contributed by atoms with van der Waals surface area (Å²) in [6.07, 6.45) is 5.01. The molecular formula is C23H22Cl2N4. The molecule has 2 aromatic heterocycles. The molecule has 4 nitrogen and oxygen atoms in total. The van der Waals surface area contributed by atoms with E-state index in [2.05, 4.69) is 46.2 Å². The van der Waals surface area contributed by atoms with Crippen LogP contribution in [0.2, 0.25) is 0 Å². The molecule has 0 fully saturated rings. The van der Waals surface area contributed by atoms with Crippen molar-refractivity contribution < 1.29 is 0 Å². The first-order valence-corrected chi connectivity index (χ1v) is 10.2. The topological polar surface area (TPSA) is 50.5 Å². The van der Waals surface area contributed by atoms with Gasteiger partial charge in [0.05, 0.1) is 5.69 Å². The Kier molecular flexibility index (Phi) is 7.50. The third-order valence-electron chi connectivity index (χ3n) is 4.22. The van der Waals surface area contributed by atoms with Crippen LogP contribution in [0.15, 0.2) is 77.2 Å². The van der Waals surface area contributed by atoms with Gasteiger partial charge in [-0.15, -0.1) is 10.2 Å². The Labute approximate surface area is 181 Å². The molecule has 0 N–H and O–H groups in total. The van der Waals surface area contributed by atoms with Crippen molar-refractivity contribution in [3.63, 3.8) is 0 Å². The number of rotatable bonds is 7. The molecule has 0 saturated carbocycles. The van der Waals surface area contributed by atoms with Gasteiger partial charge in [0.15, 0.2) is 10.3 Å². The molecular weight excluding hydrogens is 403 g/mol. The molecule has 3 rings (SSSR count). The van der Waals surface area contributed by atoms with E-state index < -0.39 is 0 Å². The zero-order valence-electron chi connectivity index (χ0n) is 16.4. The van der Waals surface area contributed by atoms with E-state index in [1.807, 2.05) is 42.5 Å². The Morgan fingerprint density at radius 1 is 0.897 bits per heavy atom. The number of aromatic nitrogens is 2. The Bertz CT molecular complexity index is 1010. The molecule has 2 heterocycles. The van der Waals surface area contributed by atoms with Crippen LogP contribution in [-0.4, -0.2) is 20.3 Å². The molecule has 0 spiro atoms. The summed E-state index contributed by atoms with van der Waals surface area (Å²) in [7, 11) is 0. The van der Waals surface area contributed by atoms with E-state index in [9.17, 15) is 0 Å². The monoisotopic (exact) mass is 424 g/mol. The van der Waals surface area contributed by atoms with Crippen LogP contribution in [0.4, 0.5) is 0 Å². The highest BCUT2D eigenvalue weighted by Crippen LogP contribution is 2.16. The zero-order chi connectivity index (χ0) is 20.6. The predicted molar refractivity (Wildman–Crippen MR) is 121 cm³/mol. The lowest BCUT2D eigenvalue weighted by Crippen LogP contribution is -2.03. The van der Waals surface area contributed by atoms with E-state index in [0.717, 1.165) is 34.5 Å². The zero-order valence-corrected chi connectivity index (χ0v) is 17.9. The van der Waals surface area contributed by atoms with Gasteiger partial charge in [-0.05, 0) is 42.2 Å². The van der Waals surface area contributed by atoms with Gasteiger partial charge in [0.1, 0.15) is 0 Å². The Morgan fingerprint density at radius 2 is 1.66 bits per heavy atom. The summed E-state index contributed by atoms with van der Waals surface area (Å²) in [6.45, 7) is 4.30. The highest BCUT2D eigenvalue weighted by molar-refractivity contribution is 6.71. The van der Waals surface area contributed by atoms with Crippen LogP contribution >= 0.6 is 23.2 Å². The second-order valence-electron chi connectivity index (χ2n) is 7.08. The van der Waals surface area contributed by atoms with Gasteiger partial charge < -0.3 is 0 Å². The van der Waals surface area contributed by atoms with Gasteiger partial charge in [0.2, 0.25) is 0 Å². The van der Waals surface area contributed by atoms with E-state index in [4.69, 9.17) is 23.2 Å². The second kappa shape index (κ2) is 10.3. The van der Waals surface area contributed by atoms with Crippen LogP contribution < -0.4 is 0 Å². The Balaban J connectivity index is 1.82. The summed E-state index contributed by atoms with van der Waals surface area (Å²) in [5, 5.41) is 8.78. The molecule has 6 heteroatoms. The molecule has 0 aliphatic carbocycles. The molecule has 0 atom stereocenters. The number of pyridine rings is 2. The maximum Gasteiger partial charge on any atom is 0.160 e. The highest BCUT2D eigenvalue weighted by atomic mass is 35.5. The van der Waals surface area contributed by atoms with E-state index in [1.54, 1.807) is 12.4 Å². The molecule has 0 aliphatic heterocycles. The van der Waals surface area contributed by atoms with Gasteiger partial charge in [-0.2, -0.15) is 0 Å². The van der Waals surface area contributed by atoms with Crippen LogP contribution in [0, 0.1) is 5.92 Å². The molecule has 1 aromatic carbocycles. The first-order chi connectivity index (χ1) is 14.0. The number of hydrogen-bond acceptors (Lipinski definition) is 4. The first-order valence-electron chi connectivity index (χ1n) is 9.43. The van der Waals surface area contributed by atoms with Crippen molar-refractivity contribution in [1.82, 2.24) is 9.97 Å². The molecule has 0 aliphatic rings. The minimum atomic E-state index is 0.249. The summed E-state index contributed by atoms with van der Waals surface area (Å²) in [6, 6.07) is 17.5. The van der Waals surface area contributed by atoms with Gasteiger partial charge in [0, 0.05) is 35.6 Å². The fourth-order valence-corrected chi connectivity index (χ4v) is 3.26. The van der Waals surface area contributed by atoms with Crippen LogP contribution in [0.25, 0.3) is 0 Å². The maximum atomic E-state index is 6.44. The van der Waals surface area contributed by atoms with E-state index in [0.29, 0.717) is 12.3 Å². The molecule has 148 valence electrons. The highest BCUT2D eigenvalue weighted by Gasteiger charge is 2.10. The van der Waals surface area contributed by atoms with Crippen molar-refractivity contribution in [2.24, 2.45) is 16.1 Å². The van der Waals surface area contributed by atoms with Crippen molar-refractivity contribution in [2.45, 2.75) is 26.7 Å². The SMILES string of the molecule is CC(C)Cc1cc(/C(Cl)=N/N=C(\Cl)c2cccnc2Cc2ccccc2)ccn1. The summed E-state index contributed by atoms with van der Waals surface area (Å²) in [5.74, 6) is 0.509. The Morgan fingerprint density at radius 3 is 2.41 bits per heavy atom. The minimum Gasteiger partial charge on any atom is -0.261 e. The number of benzene rings is 1. The third-order valence-corrected chi connectivity index (χ3v) is 4.80. The standard InChI is InChI=1S/C23H22Cl2N4/c1-16(2)13-19-15-18(10-12-26-19)22(24)28-29-23(25)20-9-6-11-27-21(20)14-17-7-4-3-5-8-17/h3-12,15-16H,13-14H2,1-2H3/b28-22-,29-23-. The van der Waals surface area contributed by atoms with Crippen LogP contribution in [-0.2, 0) is 12.8 Å². The van der Waals surface area contributed by atoms with Gasteiger partial charge in [0.25, 0.3) is 0 Å². The van der Waals surface area contributed by atoms with Gasteiger partial charge >= 0.3 is 0 Å². The first kappa shape index (κ1) is 21.2. The minimum absolute atomic E-state index is 0.249. The normalized spacial score (nSPS) is 12.4. The van der Waals surface area contributed by atoms with Crippen LogP contribution in [0.5, 0.6) is 0 Å². The molecule has 29 heavy (non-hydrogen) atoms. The second-order valence-corrected chi connectivity index (χ2v) is 7.79. The molecule has 0 radical (unpaired) electrons. The molecule has 0 unspecified atom stereocenters. The lowest BCUT2D eigenvalue weighted by Gasteiger charge is -2.07.